The third-order valence-electron chi connectivity index (χ3n) is 4.54. The summed E-state index contributed by atoms with van der Waals surface area (Å²) in [6, 6.07) is 8.84. The van der Waals surface area contributed by atoms with Crippen molar-refractivity contribution in [2.24, 2.45) is 0 Å². The first-order valence-corrected chi connectivity index (χ1v) is 7.88. The van der Waals surface area contributed by atoms with E-state index in [1.54, 1.807) is 7.11 Å². The first-order chi connectivity index (χ1) is 10.3. The molecule has 2 fully saturated rings. The summed E-state index contributed by atoms with van der Waals surface area (Å²) in [5.41, 5.74) is 1.30. The lowest BCUT2D eigenvalue weighted by atomic mass is 9.89. The van der Waals surface area contributed by atoms with Gasteiger partial charge < -0.3 is 19.5 Å². The van der Waals surface area contributed by atoms with Crippen LogP contribution in [0, 0.1) is 0 Å². The fourth-order valence-corrected chi connectivity index (χ4v) is 3.31. The Morgan fingerprint density at radius 3 is 3.14 bits per heavy atom. The predicted octanol–water partition coefficient (Wildman–Crippen LogP) is 2.17. The van der Waals surface area contributed by atoms with Crippen molar-refractivity contribution in [2.45, 2.75) is 37.3 Å². The second kappa shape index (κ2) is 6.77. The van der Waals surface area contributed by atoms with E-state index in [1.165, 1.54) is 5.56 Å². The molecule has 21 heavy (non-hydrogen) atoms. The normalized spacial score (nSPS) is 28.9. The Kier molecular flexibility index (Phi) is 4.78. The maximum absolute atomic E-state index is 5.97. The van der Waals surface area contributed by atoms with Crippen LogP contribution in [0.1, 0.15) is 24.8 Å². The summed E-state index contributed by atoms with van der Waals surface area (Å²) < 4.78 is 16.8. The number of methoxy groups -OCH3 is 1. The van der Waals surface area contributed by atoms with Crippen molar-refractivity contribution >= 4 is 0 Å². The van der Waals surface area contributed by atoms with E-state index in [2.05, 4.69) is 17.4 Å². The SMILES string of the molecule is COc1cccc(CCNC2CCOC3(CCOC3)C2)c1. The largest absolute Gasteiger partial charge is 0.497 e. The van der Waals surface area contributed by atoms with Crippen molar-refractivity contribution in [2.75, 3.05) is 33.5 Å². The van der Waals surface area contributed by atoms with Crippen molar-refractivity contribution < 1.29 is 14.2 Å². The van der Waals surface area contributed by atoms with Gasteiger partial charge in [-0.15, -0.1) is 0 Å². The summed E-state index contributed by atoms with van der Waals surface area (Å²) in [5.74, 6) is 0.931. The number of hydrogen-bond acceptors (Lipinski definition) is 4. The van der Waals surface area contributed by atoms with E-state index in [0.717, 1.165) is 57.8 Å². The highest BCUT2D eigenvalue weighted by atomic mass is 16.6. The average Bonchev–Trinajstić information content (AvgIpc) is 2.95. The molecule has 2 aliphatic heterocycles. The van der Waals surface area contributed by atoms with E-state index >= 15 is 0 Å². The summed E-state index contributed by atoms with van der Waals surface area (Å²) in [4.78, 5) is 0. The average molecular weight is 291 g/mol. The molecule has 1 N–H and O–H groups in total. The smallest absolute Gasteiger partial charge is 0.119 e. The van der Waals surface area contributed by atoms with Crippen molar-refractivity contribution in [3.8, 4) is 5.75 Å². The zero-order chi connectivity index (χ0) is 14.5. The van der Waals surface area contributed by atoms with Gasteiger partial charge >= 0.3 is 0 Å². The molecule has 2 aliphatic rings. The Balaban J connectivity index is 1.46. The van der Waals surface area contributed by atoms with Crippen LogP contribution in [0.4, 0.5) is 0 Å². The lowest BCUT2D eigenvalue weighted by molar-refractivity contribution is -0.0891. The molecule has 0 aromatic heterocycles. The van der Waals surface area contributed by atoms with Crippen molar-refractivity contribution in [3.05, 3.63) is 29.8 Å². The van der Waals surface area contributed by atoms with E-state index in [0.29, 0.717) is 6.04 Å². The monoisotopic (exact) mass is 291 g/mol. The molecular weight excluding hydrogens is 266 g/mol. The van der Waals surface area contributed by atoms with Crippen LogP contribution in [0.15, 0.2) is 24.3 Å². The number of hydrogen-bond donors (Lipinski definition) is 1. The first-order valence-electron chi connectivity index (χ1n) is 7.88. The predicted molar refractivity (Wildman–Crippen MR) is 81.8 cm³/mol. The highest BCUT2D eigenvalue weighted by Gasteiger charge is 2.40. The van der Waals surface area contributed by atoms with Crippen LogP contribution in [-0.2, 0) is 15.9 Å². The molecule has 4 heteroatoms. The summed E-state index contributed by atoms with van der Waals surface area (Å²) in [7, 11) is 1.71. The summed E-state index contributed by atoms with van der Waals surface area (Å²) in [5, 5.41) is 3.68. The van der Waals surface area contributed by atoms with Gasteiger partial charge in [-0.05, 0) is 43.5 Å². The lowest BCUT2D eigenvalue weighted by Gasteiger charge is -2.37. The Labute approximate surface area is 126 Å². The van der Waals surface area contributed by atoms with Gasteiger partial charge in [-0.3, -0.25) is 0 Å². The number of nitrogens with one attached hydrogen (secondary N) is 1. The van der Waals surface area contributed by atoms with Crippen molar-refractivity contribution in [3.63, 3.8) is 0 Å². The number of ether oxygens (including phenoxy) is 3. The fraction of sp³-hybridized carbons (Fsp3) is 0.647. The summed E-state index contributed by atoms with van der Waals surface area (Å²) >= 11 is 0. The molecule has 0 saturated carbocycles. The molecule has 0 aliphatic carbocycles. The first kappa shape index (κ1) is 14.8. The molecule has 1 aromatic carbocycles. The molecular formula is C17H25NO3. The van der Waals surface area contributed by atoms with E-state index < -0.39 is 0 Å². The fourth-order valence-electron chi connectivity index (χ4n) is 3.31. The molecule has 1 spiro atoms. The van der Waals surface area contributed by atoms with Gasteiger partial charge in [0, 0.05) is 25.7 Å². The van der Waals surface area contributed by atoms with Crippen LogP contribution in [0.25, 0.3) is 0 Å². The van der Waals surface area contributed by atoms with Crippen molar-refractivity contribution in [1.29, 1.82) is 0 Å². The Hall–Kier alpha value is -1.10. The van der Waals surface area contributed by atoms with E-state index in [4.69, 9.17) is 14.2 Å². The maximum atomic E-state index is 5.97. The van der Waals surface area contributed by atoms with Crippen LogP contribution in [0.2, 0.25) is 0 Å². The molecule has 4 nitrogen and oxygen atoms in total. The van der Waals surface area contributed by atoms with Gasteiger partial charge in [-0.1, -0.05) is 12.1 Å². The molecule has 1 aromatic rings. The van der Waals surface area contributed by atoms with Crippen LogP contribution >= 0.6 is 0 Å². The number of benzene rings is 1. The second-order valence-corrected chi connectivity index (χ2v) is 6.08. The Morgan fingerprint density at radius 1 is 1.38 bits per heavy atom. The third kappa shape index (κ3) is 3.76. The summed E-state index contributed by atoms with van der Waals surface area (Å²) in [6.45, 7) is 3.45. The third-order valence-corrected chi connectivity index (χ3v) is 4.54. The molecule has 0 radical (unpaired) electrons. The van der Waals surface area contributed by atoms with Gasteiger partial charge in [0.15, 0.2) is 0 Å². The Morgan fingerprint density at radius 2 is 2.33 bits per heavy atom. The van der Waals surface area contributed by atoms with Crippen LogP contribution in [-0.4, -0.2) is 45.1 Å². The molecule has 2 heterocycles. The van der Waals surface area contributed by atoms with Crippen molar-refractivity contribution in [1.82, 2.24) is 5.32 Å². The van der Waals surface area contributed by atoms with Crippen LogP contribution in [0.3, 0.4) is 0 Å². The molecule has 2 unspecified atom stereocenters. The van der Waals surface area contributed by atoms with Gasteiger partial charge in [-0.25, -0.2) is 0 Å². The topological polar surface area (TPSA) is 39.7 Å². The zero-order valence-electron chi connectivity index (χ0n) is 12.8. The molecule has 0 bridgehead atoms. The van der Waals surface area contributed by atoms with Crippen LogP contribution < -0.4 is 10.1 Å². The molecule has 2 saturated heterocycles. The highest BCUT2D eigenvalue weighted by molar-refractivity contribution is 5.28. The maximum Gasteiger partial charge on any atom is 0.119 e. The Bertz CT molecular complexity index is 457. The highest BCUT2D eigenvalue weighted by Crippen LogP contribution is 2.32. The van der Waals surface area contributed by atoms with E-state index in [1.807, 2.05) is 12.1 Å². The minimum atomic E-state index is -0.00805. The molecule has 2 atom stereocenters. The van der Waals surface area contributed by atoms with Gasteiger partial charge in [0.25, 0.3) is 0 Å². The van der Waals surface area contributed by atoms with E-state index in [-0.39, 0.29) is 5.60 Å². The lowest BCUT2D eigenvalue weighted by Crippen LogP contribution is -2.47. The van der Waals surface area contributed by atoms with Gasteiger partial charge in [0.2, 0.25) is 0 Å². The molecule has 3 rings (SSSR count). The number of rotatable bonds is 5. The van der Waals surface area contributed by atoms with E-state index in [9.17, 15) is 0 Å². The standard InChI is InChI=1S/C17H25NO3/c1-19-16-4-2-3-14(11-16)5-8-18-15-6-9-21-17(12-15)7-10-20-13-17/h2-4,11,15,18H,5-10,12-13H2,1H3. The summed E-state index contributed by atoms with van der Waals surface area (Å²) in [6.07, 6.45) is 4.24. The van der Waals surface area contributed by atoms with Gasteiger partial charge in [-0.2, -0.15) is 0 Å². The van der Waals surface area contributed by atoms with Gasteiger partial charge in [0.05, 0.1) is 19.3 Å². The quantitative estimate of drug-likeness (QED) is 0.902. The molecule has 0 amide bonds. The second-order valence-electron chi connectivity index (χ2n) is 6.08. The minimum Gasteiger partial charge on any atom is -0.497 e. The van der Waals surface area contributed by atoms with Gasteiger partial charge in [0.1, 0.15) is 5.75 Å². The minimum absolute atomic E-state index is 0.00805. The molecule has 116 valence electrons. The zero-order valence-corrected chi connectivity index (χ0v) is 12.8. The van der Waals surface area contributed by atoms with Crippen LogP contribution in [0.5, 0.6) is 5.75 Å².